The maximum atomic E-state index is 12.1. The number of anilines is 1. The number of hydrogen-bond donors (Lipinski definition) is 0. The Morgan fingerprint density at radius 3 is 2.48 bits per heavy atom. The lowest BCUT2D eigenvalue weighted by atomic mass is 10.1. The maximum Gasteiger partial charge on any atom is 0.222 e. The number of aryl methyl sites for hydroxylation is 1. The van der Waals surface area contributed by atoms with Crippen LogP contribution in [-0.4, -0.2) is 37.0 Å². The number of amides is 1. The van der Waals surface area contributed by atoms with Gasteiger partial charge in [0.1, 0.15) is 0 Å². The zero-order valence-electron chi connectivity index (χ0n) is 13.7. The molecule has 1 amide bonds. The van der Waals surface area contributed by atoms with Gasteiger partial charge < -0.3 is 9.80 Å². The molecule has 1 saturated heterocycles. The lowest BCUT2D eigenvalue weighted by molar-refractivity contribution is -0.131. The molecule has 0 aromatic heterocycles. The smallest absolute Gasteiger partial charge is 0.222 e. The summed E-state index contributed by atoms with van der Waals surface area (Å²) in [4.78, 5) is 16.6. The predicted molar refractivity (Wildman–Crippen MR) is 88.9 cm³/mol. The fourth-order valence-electron chi connectivity index (χ4n) is 2.96. The molecule has 3 nitrogen and oxygen atoms in total. The molecule has 1 aliphatic rings. The van der Waals surface area contributed by atoms with Crippen LogP contribution >= 0.6 is 0 Å². The lowest BCUT2D eigenvalue weighted by Gasteiger charge is -2.37. The highest BCUT2D eigenvalue weighted by molar-refractivity contribution is 5.76. The molecule has 3 heteroatoms. The summed E-state index contributed by atoms with van der Waals surface area (Å²) in [5, 5.41) is 0. The fourth-order valence-corrected chi connectivity index (χ4v) is 2.96. The van der Waals surface area contributed by atoms with Crippen LogP contribution in [0.4, 0.5) is 5.69 Å². The normalized spacial score (nSPS) is 15.4. The summed E-state index contributed by atoms with van der Waals surface area (Å²) in [6.45, 7) is 10.1. The van der Waals surface area contributed by atoms with Crippen LogP contribution in [0.3, 0.4) is 0 Å². The molecule has 116 valence electrons. The highest BCUT2D eigenvalue weighted by Gasteiger charge is 2.21. The molecule has 1 heterocycles. The maximum absolute atomic E-state index is 12.1. The topological polar surface area (TPSA) is 23.6 Å². The van der Waals surface area contributed by atoms with E-state index in [0.29, 0.717) is 5.91 Å². The van der Waals surface area contributed by atoms with E-state index in [4.69, 9.17) is 0 Å². The largest absolute Gasteiger partial charge is 0.368 e. The number of unbranched alkanes of at least 4 members (excludes halogenated alkanes) is 2. The molecule has 1 aromatic rings. The summed E-state index contributed by atoms with van der Waals surface area (Å²) in [6, 6.07) is 6.48. The first kappa shape index (κ1) is 15.9. The number of carbonyl (C=O) groups is 1. The van der Waals surface area contributed by atoms with Gasteiger partial charge in [0, 0.05) is 38.3 Å². The van der Waals surface area contributed by atoms with E-state index in [9.17, 15) is 4.79 Å². The number of nitrogens with zero attached hydrogens (tertiary/aromatic N) is 2. The molecule has 1 aromatic carbocycles. The molecule has 0 aliphatic carbocycles. The average molecular weight is 288 g/mol. The Morgan fingerprint density at radius 2 is 1.81 bits per heavy atom. The molecule has 1 fully saturated rings. The standard InChI is InChI=1S/C18H28N2O/c1-4-5-6-10-18(21)20-13-11-19(12-14-20)17-9-7-8-15(2)16(17)3/h7-9H,4-6,10-14H2,1-3H3. The Labute approximate surface area is 128 Å². The van der Waals surface area contributed by atoms with Crippen LogP contribution in [0.15, 0.2) is 18.2 Å². The second-order valence-corrected chi connectivity index (χ2v) is 6.04. The third-order valence-corrected chi connectivity index (χ3v) is 4.54. The fraction of sp³-hybridized carbons (Fsp3) is 0.611. The molecule has 0 bridgehead atoms. The Kier molecular flexibility index (Phi) is 5.66. The van der Waals surface area contributed by atoms with Crippen molar-refractivity contribution in [2.24, 2.45) is 0 Å². The molecule has 2 rings (SSSR count). The van der Waals surface area contributed by atoms with Crippen molar-refractivity contribution >= 4 is 11.6 Å². The third kappa shape index (κ3) is 3.99. The summed E-state index contributed by atoms with van der Waals surface area (Å²) in [5.74, 6) is 0.337. The van der Waals surface area contributed by atoms with E-state index in [-0.39, 0.29) is 0 Å². The summed E-state index contributed by atoms with van der Waals surface area (Å²) in [7, 11) is 0. The van der Waals surface area contributed by atoms with Gasteiger partial charge in [-0.15, -0.1) is 0 Å². The van der Waals surface area contributed by atoms with Gasteiger partial charge in [-0.05, 0) is 37.5 Å². The zero-order chi connectivity index (χ0) is 15.2. The van der Waals surface area contributed by atoms with Crippen LogP contribution in [0.25, 0.3) is 0 Å². The van der Waals surface area contributed by atoms with Crippen molar-refractivity contribution in [2.75, 3.05) is 31.1 Å². The van der Waals surface area contributed by atoms with Crippen LogP contribution in [0.2, 0.25) is 0 Å². The van der Waals surface area contributed by atoms with Gasteiger partial charge in [-0.1, -0.05) is 31.9 Å². The highest BCUT2D eigenvalue weighted by atomic mass is 16.2. The minimum Gasteiger partial charge on any atom is -0.368 e. The van der Waals surface area contributed by atoms with Gasteiger partial charge in [-0.25, -0.2) is 0 Å². The van der Waals surface area contributed by atoms with Crippen molar-refractivity contribution in [3.63, 3.8) is 0 Å². The number of carbonyl (C=O) groups excluding carboxylic acids is 1. The molecule has 0 radical (unpaired) electrons. The van der Waals surface area contributed by atoms with Gasteiger partial charge in [-0.2, -0.15) is 0 Å². The summed E-state index contributed by atoms with van der Waals surface area (Å²) in [6.07, 6.45) is 4.09. The first-order valence-electron chi connectivity index (χ1n) is 8.22. The van der Waals surface area contributed by atoms with Crippen LogP contribution in [0.5, 0.6) is 0 Å². The second kappa shape index (κ2) is 7.48. The Bertz CT molecular complexity index is 476. The minimum atomic E-state index is 0.337. The van der Waals surface area contributed by atoms with Crippen LogP contribution in [-0.2, 0) is 4.79 Å². The van der Waals surface area contributed by atoms with Gasteiger partial charge >= 0.3 is 0 Å². The summed E-state index contributed by atoms with van der Waals surface area (Å²) < 4.78 is 0. The molecule has 21 heavy (non-hydrogen) atoms. The van der Waals surface area contributed by atoms with Crippen LogP contribution < -0.4 is 4.90 Å². The second-order valence-electron chi connectivity index (χ2n) is 6.04. The Balaban J connectivity index is 1.88. The molecular weight excluding hydrogens is 260 g/mol. The first-order chi connectivity index (χ1) is 10.1. The first-order valence-corrected chi connectivity index (χ1v) is 8.22. The van der Waals surface area contributed by atoms with Gasteiger partial charge in [0.05, 0.1) is 0 Å². The van der Waals surface area contributed by atoms with E-state index >= 15 is 0 Å². The van der Waals surface area contributed by atoms with Crippen molar-refractivity contribution in [2.45, 2.75) is 46.5 Å². The van der Waals surface area contributed by atoms with Crippen molar-refractivity contribution in [1.29, 1.82) is 0 Å². The zero-order valence-corrected chi connectivity index (χ0v) is 13.7. The predicted octanol–water partition coefficient (Wildman–Crippen LogP) is 3.53. The van der Waals surface area contributed by atoms with Gasteiger partial charge in [0.15, 0.2) is 0 Å². The van der Waals surface area contributed by atoms with Crippen molar-refractivity contribution in [3.8, 4) is 0 Å². The molecule has 0 saturated carbocycles. The van der Waals surface area contributed by atoms with E-state index in [1.165, 1.54) is 23.2 Å². The number of hydrogen-bond acceptors (Lipinski definition) is 2. The van der Waals surface area contributed by atoms with E-state index in [2.05, 4.69) is 43.9 Å². The quantitative estimate of drug-likeness (QED) is 0.774. The van der Waals surface area contributed by atoms with E-state index in [0.717, 1.165) is 45.4 Å². The number of rotatable bonds is 5. The van der Waals surface area contributed by atoms with Crippen molar-refractivity contribution < 1.29 is 4.79 Å². The molecule has 0 atom stereocenters. The number of benzene rings is 1. The molecule has 0 N–H and O–H groups in total. The Morgan fingerprint density at radius 1 is 1.10 bits per heavy atom. The molecule has 1 aliphatic heterocycles. The summed E-state index contributed by atoms with van der Waals surface area (Å²) >= 11 is 0. The van der Waals surface area contributed by atoms with E-state index in [1.807, 2.05) is 4.90 Å². The molecular formula is C18H28N2O. The SMILES string of the molecule is CCCCCC(=O)N1CCN(c2cccc(C)c2C)CC1. The highest BCUT2D eigenvalue weighted by Crippen LogP contribution is 2.24. The van der Waals surface area contributed by atoms with Crippen molar-refractivity contribution in [3.05, 3.63) is 29.3 Å². The minimum absolute atomic E-state index is 0.337. The third-order valence-electron chi connectivity index (χ3n) is 4.54. The lowest BCUT2D eigenvalue weighted by Crippen LogP contribution is -2.49. The average Bonchev–Trinajstić information content (AvgIpc) is 2.50. The van der Waals surface area contributed by atoms with E-state index < -0.39 is 0 Å². The van der Waals surface area contributed by atoms with Crippen LogP contribution in [0, 0.1) is 13.8 Å². The summed E-state index contributed by atoms with van der Waals surface area (Å²) in [5.41, 5.74) is 4.03. The van der Waals surface area contributed by atoms with Gasteiger partial charge in [0.25, 0.3) is 0 Å². The Hall–Kier alpha value is -1.51. The number of piperazine rings is 1. The molecule has 0 unspecified atom stereocenters. The van der Waals surface area contributed by atoms with E-state index in [1.54, 1.807) is 0 Å². The van der Waals surface area contributed by atoms with Crippen molar-refractivity contribution in [1.82, 2.24) is 4.90 Å². The van der Waals surface area contributed by atoms with Gasteiger partial charge in [0.2, 0.25) is 5.91 Å². The monoisotopic (exact) mass is 288 g/mol. The van der Waals surface area contributed by atoms with Crippen LogP contribution in [0.1, 0.15) is 43.7 Å². The molecule has 0 spiro atoms. The van der Waals surface area contributed by atoms with Gasteiger partial charge in [-0.3, -0.25) is 4.79 Å².